The van der Waals surface area contributed by atoms with Gasteiger partial charge in [-0.25, -0.2) is 19.6 Å². The third kappa shape index (κ3) is 2.28. The van der Waals surface area contributed by atoms with E-state index in [4.69, 9.17) is 4.74 Å². The molecule has 94 valence electrons. The van der Waals surface area contributed by atoms with Gasteiger partial charge in [0.25, 0.3) is 0 Å². The van der Waals surface area contributed by atoms with Gasteiger partial charge in [0.15, 0.2) is 5.82 Å². The molecule has 0 bridgehead atoms. The van der Waals surface area contributed by atoms with E-state index < -0.39 is 0 Å². The highest BCUT2D eigenvalue weighted by Gasteiger charge is 2.04. The van der Waals surface area contributed by atoms with Gasteiger partial charge in [0, 0.05) is 36.3 Å². The molecule has 3 aromatic heterocycles. The first-order chi connectivity index (χ1) is 9.36. The van der Waals surface area contributed by atoms with Gasteiger partial charge < -0.3 is 4.74 Å². The lowest BCUT2D eigenvalue weighted by Crippen LogP contribution is -1.99. The number of pyridine rings is 1. The maximum atomic E-state index is 5.03. The number of hydrogen-bond acceptors (Lipinski definition) is 5. The van der Waals surface area contributed by atoms with Crippen molar-refractivity contribution < 1.29 is 4.74 Å². The van der Waals surface area contributed by atoms with E-state index in [0.717, 1.165) is 11.3 Å². The largest absolute Gasteiger partial charge is 0.481 e. The molecule has 0 N–H and O–H groups in total. The van der Waals surface area contributed by atoms with Crippen LogP contribution in [0.25, 0.3) is 17.1 Å². The fourth-order valence-corrected chi connectivity index (χ4v) is 1.69. The quantitative estimate of drug-likeness (QED) is 0.711. The van der Waals surface area contributed by atoms with Gasteiger partial charge in [-0.2, -0.15) is 5.10 Å². The molecule has 0 aliphatic carbocycles. The summed E-state index contributed by atoms with van der Waals surface area (Å²) in [5.74, 6) is 1.29. The van der Waals surface area contributed by atoms with E-state index in [1.165, 1.54) is 6.33 Å². The monoisotopic (exact) mass is 253 g/mol. The summed E-state index contributed by atoms with van der Waals surface area (Å²) >= 11 is 0. The van der Waals surface area contributed by atoms with Crippen LogP contribution >= 0.6 is 0 Å². The van der Waals surface area contributed by atoms with Crippen LogP contribution in [0, 0.1) is 0 Å². The van der Waals surface area contributed by atoms with Gasteiger partial charge in [-0.1, -0.05) is 0 Å². The first kappa shape index (κ1) is 11.3. The van der Waals surface area contributed by atoms with Crippen LogP contribution in [0.1, 0.15) is 0 Å². The summed E-state index contributed by atoms with van der Waals surface area (Å²) in [6, 6.07) is 7.40. The van der Waals surface area contributed by atoms with Crippen molar-refractivity contribution in [3.05, 3.63) is 49.2 Å². The number of nitrogens with zero attached hydrogens (tertiary/aromatic N) is 5. The summed E-state index contributed by atoms with van der Waals surface area (Å²) in [7, 11) is 1.59. The van der Waals surface area contributed by atoms with E-state index in [1.807, 2.05) is 24.4 Å². The molecule has 19 heavy (non-hydrogen) atoms. The van der Waals surface area contributed by atoms with Gasteiger partial charge in [0.05, 0.1) is 12.8 Å². The Morgan fingerprint density at radius 1 is 1.16 bits per heavy atom. The molecule has 0 radical (unpaired) electrons. The molecule has 0 aromatic carbocycles. The molecule has 3 aromatic rings. The Morgan fingerprint density at radius 2 is 2.11 bits per heavy atom. The van der Waals surface area contributed by atoms with Crippen molar-refractivity contribution in [3.8, 4) is 23.0 Å². The van der Waals surface area contributed by atoms with E-state index >= 15 is 0 Å². The summed E-state index contributed by atoms with van der Waals surface area (Å²) in [6.07, 6.45) is 6.76. The van der Waals surface area contributed by atoms with Crippen LogP contribution in [0.4, 0.5) is 0 Å². The standard InChI is InChI=1S/C13H11N5O/c1-19-13-4-3-10(8-14-13)11-7-12(16-9-15-11)18-6-2-5-17-18/h2-9H,1H3. The number of aromatic nitrogens is 5. The third-order valence-electron chi connectivity index (χ3n) is 2.63. The van der Waals surface area contributed by atoms with Crippen LogP contribution in [0.5, 0.6) is 5.88 Å². The Hall–Kier alpha value is -2.76. The summed E-state index contributed by atoms with van der Waals surface area (Å²) in [6.45, 7) is 0. The predicted octanol–water partition coefficient (Wildman–Crippen LogP) is 1.73. The molecule has 3 rings (SSSR count). The fraction of sp³-hybridized carbons (Fsp3) is 0.0769. The van der Waals surface area contributed by atoms with Crippen LogP contribution in [-0.4, -0.2) is 31.8 Å². The van der Waals surface area contributed by atoms with Gasteiger partial charge in [0.1, 0.15) is 6.33 Å². The normalized spacial score (nSPS) is 10.4. The number of hydrogen-bond donors (Lipinski definition) is 0. The average molecular weight is 253 g/mol. The molecule has 0 saturated carbocycles. The van der Waals surface area contributed by atoms with Crippen molar-refractivity contribution in [1.82, 2.24) is 24.7 Å². The maximum Gasteiger partial charge on any atom is 0.212 e. The molecule has 0 aliphatic heterocycles. The number of ether oxygens (including phenoxy) is 1. The molecule has 0 fully saturated rings. The highest BCUT2D eigenvalue weighted by atomic mass is 16.5. The van der Waals surface area contributed by atoms with E-state index in [-0.39, 0.29) is 0 Å². The number of methoxy groups -OCH3 is 1. The van der Waals surface area contributed by atoms with Crippen LogP contribution in [0.15, 0.2) is 49.2 Å². The van der Waals surface area contributed by atoms with Gasteiger partial charge in [0.2, 0.25) is 5.88 Å². The Labute approximate surface area is 109 Å². The molecular weight excluding hydrogens is 242 g/mol. The van der Waals surface area contributed by atoms with Gasteiger partial charge in [-0.05, 0) is 12.1 Å². The second-order valence-corrected chi connectivity index (χ2v) is 3.80. The number of rotatable bonds is 3. The van der Waals surface area contributed by atoms with Crippen LogP contribution in [-0.2, 0) is 0 Å². The highest BCUT2D eigenvalue weighted by molar-refractivity contribution is 5.59. The van der Waals surface area contributed by atoms with E-state index in [9.17, 15) is 0 Å². The lowest BCUT2D eigenvalue weighted by molar-refractivity contribution is 0.398. The minimum absolute atomic E-state index is 0.574. The van der Waals surface area contributed by atoms with Crippen molar-refractivity contribution in [3.63, 3.8) is 0 Å². The zero-order chi connectivity index (χ0) is 13.1. The second-order valence-electron chi connectivity index (χ2n) is 3.80. The molecule has 6 heteroatoms. The van der Waals surface area contributed by atoms with Crippen molar-refractivity contribution in [2.24, 2.45) is 0 Å². The van der Waals surface area contributed by atoms with Crippen LogP contribution in [0.2, 0.25) is 0 Å². The molecule has 3 heterocycles. The predicted molar refractivity (Wildman–Crippen MR) is 68.9 cm³/mol. The molecule has 0 amide bonds. The van der Waals surface area contributed by atoms with Crippen molar-refractivity contribution >= 4 is 0 Å². The topological polar surface area (TPSA) is 65.7 Å². The summed E-state index contributed by atoms with van der Waals surface area (Å²) in [5, 5.41) is 4.14. The van der Waals surface area contributed by atoms with E-state index in [0.29, 0.717) is 11.7 Å². The SMILES string of the molecule is COc1ccc(-c2cc(-n3cccn3)ncn2)cn1. The molecular formula is C13H11N5O. The molecule has 0 unspecified atom stereocenters. The summed E-state index contributed by atoms with van der Waals surface area (Å²) < 4.78 is 6.71. The third-order valence-corrected chi connectivity index (χ3v) is 2.63. The second kappa shape index (κ2) is 4.85. The van der Waals surface area contributed by atoms with Gasteiger partial charge >= 0.3 is 0 Å². The van der Waals surface area contributed by atoms with Crippen molar-refractivity contribution in [1.29, 1.82) is 0 Å². The first-order valence-electron chi connectivity index (χ1n) is 5.69. The zero-order valence-corrected chi connectivity index (χ0v) is 10.3. The fourth-order valence-electron chi connectivity index (χ4n) is 1.69. The minimum atomic E-state index is 0.574. The smallest absolute Gasteiger partial charge is 0.212 e. The Balaban J connectivity index is 1.98. The van der Waals surface area contributed by atoms with E-state index in [2.05, 4.69) is 20.1 Å². The summed E-state index contributed by atoms with van der Waals surface area (Å²) in [5.41, 5.74) is 1.69. The first-order valence-corrected chi connectivity index (χ1v) is 5.69. The summed E-state index contributed by atoms with van der Waals surface area (Å²) in [4.78, 5) is 12.6. The van der Waals surface area contributed by atoms with E-state index in [1.54, 1.807) is 30.3 Å². The molecule has 0 spiro atoms. The van der Waals surface area contributed by atoms with Gasteiger partial charge in [-0.15, -0.1) is 0 Å². The van der Waals surface area contributed by atoms with Crippen molar-refractivity contribution in [2.45, 2.75) is 0 Å². The van der Waals surface area contributed by atoms with Crippen molar-refractivity contribution in [2.75, 3.05) is 7.11 Å². The Kier molecular flexibility index (Phi) is 2.89. The molecule has 0 aliphatic rings. The highest BCUT2D eigenvalue weighted by Crippen LogP contribution is 2.19. The van der Waals surface area contributed by atoms with Crippen LogP contribution < -0.4 is 4.74 Å². The lowest BCUT2D eigenvalue weighted by Gasteiger charge is -2.04. The van der Waals surface area contributed by atoms with Crippen LogP contribution in [0.3, 0.4) is 0 Å². The maximum absolute atomic E-state index is 5.03. The lowest BCUT2D eigenvalue weighted by atomic mass is 10.2. The Morgan fingerprint density at radius 3 is 2.79 bits per heavy atom. The molecule has 0 atom stereocenters. The Bertz CT molecular complexity index is 664. The average Bonchev–Trinajstić information content (AvgIpc) is 3.02. The minimum Gasteiger partial charge on any atom is -0.481 e. The molecule has 0 saturated heterocycles. The van der Waals surface area contributed by atoms with Gasteiger partial charge in [-0.3, -0.25) is 0 Å². The zero-order valence-electron chi connectivity index (χ0n) is 10.3. The molecule has 6 nitrogen and oxygen atoms in total.